The third kappa shape index (κ3) is 6.35. The van der Waals surface area contributed by atoms with Crippen LogP contribution in [-0.4, -0.2) is 45.9 Å². The van der Waals surface area contributed by atoms with Gasteiger partial charge in [-0.2, -0.15) is 10.2 Å². The number of nitrogens with zero attached hydrogens (tertiary/aromatic N) is 5. The van der Waals surface area contributed by atoms with Gasteiger partial charge >= 0.3 is 6.01 Å². The van der Waals surface area contributed by atoms with E-state index in [2.05, 4.69) is 80.4 Å². The summed E-state index contributed by atoms with van der Waals surface area (Å²) in [5, 5.41) is 8.78. The molecule has 0 N–H and O–H groups in total. The number of aromatic nitrogens is 2. The minimum atomic E-state index is 0.258. The number of piperazine rings is 1. The van der Waals surface area contributed by atoms with Gasteiger partial charge in [-0.05, 0) is 22.8 Å². The number of nitriles is 1. The van der Waals surface area contributed by atoms with E-state index in [9.17, 15) is 0 Å². The van der Waals surface area contributed by atoms with Gasteiger partial charge in [0.1, 0.15) is 6.61 Å². The maximum Gasteiger partial charge on any atom is 0.316 e. The lowest BCUT2D eigenvalue weighted by Gasteiger charge is -2.34. The average molecular weight is 414 g/mol. The van der Waals surface area contributed by atoms with Gasteiger partial charge in [-0.3, -0.25) is 9.80 Å². The average Bonchev–Trinajstić information content (AvgIpc) is 2.81. The van der Waals surface area contributed by atoms with E-state index in [0.717, 1.165) is 44.8 Å². The first-order chi connectivity index (χ1) is 15.3. The first-order valence-electron chi connectivity index (χ1n) is 10.7. The number of hydrogen-bond acceptors (Lipinski definition) is 6. The maximum absolute atomic E-state index is 8.78. The molecule has 0 spiro atoms. The summed E-state index contributed by atoms with van der Waals surface area (Å²) in [5.41, 5.74) is 4.45. The van der Waals surface area contributed by atoms with Gasteiger partial charge in [0.2, 0.25) is 0 Å². The van der Waals surface area contributed by atoms with E-state index >= 15 is 0 Å². The summed E-state index contributed by atoms with van der Waals surface area (Å²) in [7, 11) is 0. The molecule has 1 aromatic heterocycles. The molecular weight excluding hydrogens is 386 g/mol. The summed E-state index contributed by atoms with van der Waals surface area (Å²) >= 11 is 0. The van der Waals surface area contributed by atoms with Crippen molar-refractivity contribution in [1.29, 1.82) is 5.26 Å². The molecule has 0 aliphatic carbocycles. The Morgan fingerprint density at radius 1 is 0.806 bits per heavy atom. The predicted molar refractivity (Wildman–Crippen MR) is 119 cm³/mol. The standard InChI is InChI=1S/C25H27N5O/c26-12-10-24-11-13-27-25(28-24)31-20-23-8-6-22(7-9-23)19-30-16-14-29(15-17-30)18-21-4-2-1-3-5-21/h1-9,11,13H,10,14-20H2. The van der Waals surface area contributed by atoms with Crippen molar-refractivity contribution >= 4 is 0 Å². The molecule has 4 rings (SSSR count). The van der Waals surface area contributed by atoms with Crippen molar-refractivity contribution in [3.05, 3.63) is 89.2 Å². The fraction of sp³-hybridized carbons (Fsp3) is 0.320. The van der Waals surface area contributed by atoms with E-state index in [0.29, 0.717) is 18.3 Å². The Morgan fingerprint density at radius 3 is 2.06 bits per heavy atom. The van der Waals surface area contributed by atoms with E-state index in [4.69, 9.17) is 10.00 Å². The highest BCUT2D eigenvalue weighted by atomic mass is 16.5. The monoisotopic (exact) mass is 413 g/mol. The van der Waals surface area contributed by atoms with E-state index in [1.165, 1.54) is 11.1 Å². The number of rotatable bonds is 8. The Balaban J connectivity index is 1.22. The molecule has 31 heavy (non-hydrogen) atoms. The molecule has 0 bridgehead atoms. The van der Waals surface area contributed by atoms with Gasteiger partial charge in [-0.1, -0.05) is 54.6 Å². The van der Waals surface area contributed by atoms with Gasteiger partial charge in [0.25, 0.3) is 0 Å². The fourth-order valence-corrected chi connectivity index (χ4v) is 3.72. The first kappa shape index (κ1) is 21.0. The van der Waals surface area contributed by atoms with Crippen molar-refractivity contribution in [3.8, 4) is 12.1 Å². The molecule has 1 aliphatic rings. The first-order valence-corrected chi connectivity index (χ1v) is 10.7. The second kappa shape index (κ2) is 10.7. The van der Waals surface area contributed by atoms with E-state index in [1.807, 2.05) is 0 Å². The number of benzene rings is 2. The number of hydrogen-bond donors (Lipinski definition) is 0. The summed E-state index contributed by atoms with van der Waals surface area (Å²) in [4.78, 5) is 13.4. The van der Waals surface area contributed by atoms with Crippen molar-refractivity contribution in [2.24, 2.45) is 0 Å². The van der Waals surface area contributed by atoms with Crippen LogP contribution in [-0.2, 0) is 26.1 Å². The molecule has 2 heterocycles. The van der Waals surface area contributed by atoms with Gasteiger partial charge in [0.15, 0.2) is 0 Å². The Labute approximate surface area is 183 Å². The molecule has 3 aromatic rings. The summed E-state index contributed by atoms with van der Waals surface area (Å²) in [5.74, 6) is 0. The highest BCUT2D eigenvalue weighted by Gasteiger charge is 2.17. The smallest absolute Gasteiger partial charge is 0.316 e. The molecule has 6 nitrogen and oxygen atoms in total. The van der Waals surface area contributed by atoms with Gasteiger partial charge in [0, 0.05) is 45.5 Å². The van der Waals surface area contributed by atoms with Crippen LogP contribution < -0.4 is 4.74 Å². The lowest BCUT2D eigenvalue weighted by molar-refractivity contribution is 0.122. The zero-order chi connectivity index (χ0) is 21.3. The lowest BCUT2D eigenvalue weighted by Crippen LogP contribution is -2.45. The summed E-state index contributed by atoms with van der Waals surface area (Å²) in [6.45, 7) is 6.81. The molecule has 158 valence electrons. The van der Waals surface area contributed by atoms with Crippen LogP contribution in [0.1, 0.15) is 22.4 Å². The van der Waals surface area contributed by atoms with Crippen LogP contribution in [0.5, 0.6) is 6.01 Å². The maximum atomic E-state index is 8.78. The summed E-state index contributed by atoms with van der Waals surface area (Å²) < 4.78 is 5.68. The van der Waals surface area contributed by atoms with Crippen LogP contribution in [0.25, 0.3) is 0 Å². The SMILES string of the molecule is N#CCc1ccnc(OCc2ccc(CN3CCN(Cc4ccccc4)CC3)cc2)n1. The van der Waals surface area contributed by atoms with Gasteiger partial charge < -0.3 is 4.74 Å². The van der Waals surface area contributed by atoms with Gasteiger partial charge in [0.05, 0.1) is 18.2 Å². The quantitative estimate of drug-likeness (QED) is 0.564. The Bertz CT molecular complexity index is 992. The van der Waals surface area contributed by atoms with Crippen LogP contribution in [0.4, 0.5) is 0 Å². The molecule has 0 saturated carbocycles. The highest BCUT2D eigenvalue weighted by Crippen LogP contribution is 2.13. The predicted octanol–water partition coefficient (Wildman–Crippen LogP) is 3.44. The minimum Gasteiger partial charge on any atom is -0.459 e. The molecule has 0 atom stereocenters. The topological polar surface area (TPSA) is 65.3 Å². The zero-order valence-corrected chi connectivity index (χ0v) is 17.7. The molecule has 2 aromatic carbocycles. The number of ether oxygens (including phenoxy) is 1. The molecule has 0 unspecified atom stereocenters. The normalized spacial score (nSPS) is 14.8. The second-order valence-electron chi connectivity index (χ2n) is 7.81. The van der Waals surface area contributed by atoms with Crippen molar-refractivity contribution in [3.63, 3.8) is 0 Å². The zero-order valence-electron chi connectivity index (χ0n) is 17.7. The van der Waals surface area contributed by atoms with Crippen LogP contribution >= 0.6 is 0 Å². The Hall–Kier alpha value is -3.27. The largest absolute Gasteiger partial charge is 0.459 e. The molecule has 6 heteroatoms. The lowest BCUT2D eigenvalue weighted by atomic mass is 10.1. The Kier molecular flexibility index (Phi) is 7.22. The van der Waals surface area contributed by atoms with Crippen molar-refractivity contribution < 1.29 is 4.74 Å². The van der Waals surface area contributed by atoms with E-state index in [-0.39, 0.29) is 6.42 Å². The van der Waals surface area contributed by atoms with Gasteiger partial charge in [-0.15, -0.1) is 0 Å². The van der Waals surface area contributed by atoms with Crippen LogP contribution in [0, 0.1) is 11.3 Å². The Morgan fingerprint density at radius 2 is 1.42 bits per heavy atom. The van der Waals surface area contributed by atoms with Gasteiger partial charge in [-0.25, -0.2) is 4.98 Å². The molecule has 1 saturated heterocycles. The van der Waals surface area contributed by atoms with E-state index in [1.54, 1.807) is 12.3 Å². The third-order valence-electron chi connectivity index (χ3n) is 5.46. The second-order valence-corrected chi connectivity index (χ2v) is 7.81. The van der Waals surface area contributed by atoms with Crippen molar-refractivity contribution in [2.75, 3.05) is 26.2 Å². The van der Waals surface area contributed by atoms with Crippen molar-refractivity contribution in [1.82, 2.24) is 19.8 Å². The highest BCUT2D eigenvalue weighted by molar-refractivity contribution is 5.22. The van der Waals surface area contributed by atoms with Crippen LogP contribution in [0.3, 0.4) is 0 Å². The van der Waals surface area contributed by atoms with Crippen LogP contribution in [0.2, 0.25) is 0 Å². The fourth-order valence-electron chi connectivity index (χ4n) is 3.72. The van der Waals surface area contributed by atoms with Crippen LogP contribution in [0.15, 0.2) is 66.9 Å². The summed E-state index contributed by atoms with van der Waals surface area (Å²) in [6, 6.07) is 23.3. The van der Waals surface area contributed by atoms with E-state index < -0.39 is 0 Å². The summed E-state index contributed by atoms with van der Waals surface area (Å²) in [6.07, 6.45) is 1.88. The molecule has 0 radical (unpaired) electrons. The third-order valence-corrected chi connectivity index (χ3v) is 5.46. The van der Waals surface area contributed by atoms with Crippen molar-refractivity contribution in [2.45, 2.75) is 26.1 Å². The molecule has 0 amide bonds. The molecule has 1 fully saturated rings. The molecular formula is C25H27N5O. The minimum absolute atomic E-state index is 0.258. The molecule has 1 aliphatic heterocycles.